The summed E-state index contributed by atoms with van der Waals surface area (Å²) in [5, 5.41) is 24.2. The van der Waals surface area contributed by atoms with Crippen molar-refractivity contribution in [2.75, 3.05) is 26.7 Å². The Hall–Kier alpha value is -4.43. The van der Waals surface area contributed by atoms with Gasteiger partial charge in [0, 0.05) is 28.6 Å². The lowest BCUT2D eigenvalue weighted by molar-refractivity contribution is 0.0696. The van der Waals surface area contributed by atoms with Gasteiger partial charge in [-0.15, -0.1) is 0 Å². The molecule has 0 aliphatic carbocycles. The summed E-state index contributed by atoms with van der Waals surface area (Å²) in [7, 11) is 2.12. The molecule has 1 aliphatic rings. The van der Waals surface area contributed by atoms with E-state index in [1.165, 1.54) is 6.07 Å². The molecule has 39 heavy (non-hydrogen) atoms. The maximum Gasteiger partial charge on any atom is 0.336 e. The molecule has 0 spiro atoms. The van der Waals surface area contributed by atoms with E-state index in [1.807, 2.05) is 30.3 Å². The van der Waals surface area contributed by atoms with Gasteiger partial charge in [-0.3, -0.25) is 4.79 Å². The SMILES string of the molecule is Cc1cc2c(C(=Nc3ccc(C(=O)NCC4CCN(C)CC4)cc3)c3ccccc3)c(O)[nH]c2cc1C(=O)O. The monoisotopic (exact) mass is 524 g/mol. The van der Waals surface area contributed by atoms with Crippen molar-refractivity contribution in [3.05, 3.63) is 94.5 Å². The molecule has 4 aromatic rings. The molecule has 3 aromatic carbocycles. The number of aromatic amines is 1. The number of aromatic nitrogens is 1. The molecule has 2 heterocycles. The molecule has 0 atom stereocenters. The highest BCUT2D eigenvalue weighted by Crippen LogP contribution is 2.33. The van der Waals surface area contributed by atoms with E-state index >= 15 is 0 Å². The third-order valence-corrected chi connectivity index (χ3v) is 7.40. The molecule has 1 aromatic heterocycles. The number of fused-ring (bicyclic) bond motifs is 1. The number of aromatic hydroxyl groups is 1. The molecule has 0 unspecified atom stereocenters. The molecule has 1 saturated heterocycles. The summed E-state index contributed by atoms with van der Waals surface area (Å²) in [6, 6.07) is 19.8. The van der Waals surface area contributed by atoms with Crippen LogP contribution in [-0.2, 0) is 0 Å². The zero-order valence-electron chi connectivity index (χ0n) is 22.1. The predicted molar refractivity (Wildman–Crippen MR) is 152 cm³/mol. The Morgan fingerprint density at radius 1 is 1.03 bits per heavy atom. The van der Waals surface area contributed by atoms with Crippen molar-refractivity contribution in [2.24, 2.45) is 10.9 Å². The number of benzene rings is 3. The summed E-state index contributed by atoms with van der Waals surface area (Å²) < 4.78 is 0. The van der Waals surface area contributed by atoms with Gasteiger partial charge in [0.05, 0.1) is 22.5 Å². The van der Waals surface area contributed by atoms with Crippen molar-refractivity contribution in [1.82, 2.24) is 15.2 Å². The van der Waals surface area contributed by atoms with E-state index in [1.54, 1.807) is 37.3 Å². The summed E-state index contributed by atoms with van der Waals surface area (Å²) in [4.78, 5) is 34.5. The zero-order valence-corrected chi connectivity index (χ0v) is 22.1. The zero-order chi connectivity index (χ0) is 27.5. The molecule has 8 heteroatoms. The average molecular weight is 525 g/mol. The lowest BCUT2D eigenvalue weighted by Crippen LogP contribution is -2.36. The number of hydrogen-bond donors (Lipinski definition) is 4. The summed E-state index contributed by atoms with van der Waals surface area (Å²) >= 11 is 0. The van der Waals surface area contributed by atoms with E-state index in [9.17, 15) is 19.8 Å². The van der Waals surface area contributed by atoms with Crippen LogP contribution in [-0.4, -0.2) is 64.4 Å². The molecular weight excluding hydrogens is 492 g/mol. The second kappa shape index (κ2) is 11.1. The minimum Gasteiger partial charge on any atom is -0.494 e. The van der Waals surface area contributed by atoms with Crippen LogP contribution in [0.1, 0.15) is 50.2 Å². The quantitative estimate of drug-likeness (QED) is 0.250. The largest absolute Gasteiger partial charge is 0.494 e. The van der Waals surface area contributed by atoms with E-state index in [4.69, 9.17) is 4.99 Å². The summed E-state index contributed by atoms with van der Waals surface area (Å²) in [5.74, 6) is -0.731. The number of nitrogens with one attached hydrogen (secondary N) is 2. The van der Waals surface area contributed by atoms with Gasteiger partial charge in [0.1, 0.15) is 0 Å². The molecule has 1 aliphatic heterocycles. The first-order valence-electron chi connectivity index (χ1n) is 13.1. The van der Waals surface area contributed by atoms with Crippen molar-refractivity contribution in [3.8, 4) is 5.88 Å². The predicted octanol–water partition coefficient (Wildman–Crippen LogP) is 5.12. The van der Waals surface area contributed by atoms with Crippen LogP contribution < -0.4 is 5.32 Å². The molecule has 5 rings (SSSR count). The molecule has 200 valence electrons. The van der Waals surface area contributed by atoms with E-state index in [0.717, 1.165) is 31.5 Å². The number of aryl methyl sites for hydroxylation is 1. The number of H-pyrrole nitrogens is 1. The van der Waals surface area contributed by atoms with Crippen molar-refractivity contribution in [3.63, 3.8) is 0 Å². The van der Waals surface area contributed by atoms with E-state index in [2.05, 4.69) is 22.2 Å². The highest BCUT2D eigenvalue weighted by atomic mass is 16.4. The van der Waals surface area contributed by atoms with Crippen molar-refractivity contribution in [2.45, 2.75) is 19.8 Å². The van der Waals surface area contributed by atoms with Gasteiger partial charge >= 0.3 is 5.97 Å². The van der Waals surface area contributed by atoms with Crippen molar-refractivity contribution in [1.29, 1.82) is 0 Å². The Labute approximate surface area is 227 Å². The first-order valence-corrected chi connectivity index (χ1v) is 13.1. The van der Waals surface area contributed by atoms with Gasteiger partial charge in [-0.25, -0.2) is 9.79 Å². The van der Waals surface area contributed by atoms with Gasteiger partial charge < -0.3 is 25.4 Å². The number of rotatable bonds is 7. The molecule has 8 nitrogen and oxygen atoms in total. The number of amides is 1. The van der Waals surface area contributed by atoms with Crippen molar-refractivity contribution >= 4 is 34.2 Å². The summed E-state index contributed by atoms with van der Waals surface area (Å²) in [6.45, 7) is 4.52. The number of aliphatic imine (C=N–C) groups is 1. The van der Waals surface area contributed by atoms with Gasteiger partial charge in [-0.2, -0.15) is 0 Å². The second-order valence-electron chi connectivity index (χ2n) is 10.2. The second-order valence-corrected chi connectivity index (χ2v) is 10.2. The number of aromatic carboxylic acids is 1. The standard InChI is InChI=1S/C31H32N4O4/c1-19-16-25-26(17-24(19)31(38)39)34-30(37)27(25)28(21-6-4-3-5-7-21)33-23-10-8-22(9-11-23)29(36)32-18-20-12-14-35(2)15-13-20/h3-11,16-17,20,34,37H,12-15,18H2,1-2H3,(H,32,36)(H,38,39). The third kappa shape index (κ3) is 5.71. The Bertz CT molecular complexity index is 1530. The van der Waals surface area contributed by atoms with Crippen LogP contribution in [0.4, 0.5) is 5.69 Å². The fraction of sp³-hybridized carbons (Fsp3) is 0.258. The van der Waals surface area contributed by atoms with Gasteiger partial charge in [0.2, 0.25) is 0 Å². The Morgan fingerprint density at radius 3 is 2.38 bits per heavy atom. The number of carbonyl (C=O) groups excluding carboxylic acids is 1. The summed E-state index contributed by atoms with van der Waals surface area (Å²) in [5.41, 5.74) is 4.23. The Kier molecular flexibility index (Phi) is 7.47. The number of carboxylic acid groups (broad SMARTS) is 1. The van der Waals surface area contributed by atoms with Gasteiger partial charge in [0.25, 0.3) is 5.91 Å². The molecule has 1 fully saturated rings. The number of carbonyl (C=O) groups is 2. The maximum atomic E-state index is 12.8. The van der Waals surface area contributed by atoms with Gasteiger partial charge in [-0.1, -0.05) is 30.3 Å². The maximum absolute atomic E-state index is 12.8. The third-order valence-electron chi connectivity index (χ3n) is 7.40. The highest BCUT2D eigenvalue weighted by molar-refractivity contribution is 6.22. The van der Waals surface area contributed by atoms with Crippen LogP contribution in [0.5, 0.6) is 5.88 Å². The van der Waals surface area contributed by atoms with Crippen molar-refractivity contribution < 1.29 is 19.8 Å². The van der Waals surface area contributed by atoms with Gasteiger partial charge in [0.15, 0.2) is 5.88 Å². The first kappa shape index (κ1) is 26.2. The Balaban J connectivity index is 1.45. The van der Waals surface area contributed by atoms with Crippen LogP contribution in [0, 0.1) is 12.8 Å². The smallest absolute Gasteiger partial charge is 0.336 e. The number of piperidine rings is 1. The van der Waals surface area contributed by atoms with Crippen LogP contribution in [0.25, 0.3) is 10.9 Å². The van der Waals surface area contributed by atoms with E-state index in [-0.39, 0.29) is 17.4 Å². The first-order chi connectivity index (χ1) is 18.8. The number of carboxylic acids is 1. The Morgan fingerprint density at radius 2 is 1.72 bits per heavy atom. The van der Waals surface area contributed by atoms with Crippen LogP contribution >= 0.6 is 0 Å². The topological polar surface area (TPSA) is 118 Å². The van der Waals surface area contributed by atoms with Crippen LogP contribution in [0.15, 0.2) is 71.7 Å². The van der Waals surface area contributed by atoms with E-state index in [0.29, 0.717) is 51.5 Å². The molecular formula is C31H32N4O4. The number of nitrogens with zero attached hydrogens (tertiary/aromatic N) is 2. The molecule has 0 bridgehead atoms. The number of likely N-dealkylation sites (tertiary alicyclic amines) is 1. The van der Waals surface area contributed by atoms with E-state index < -0.39 is 5.97 Å². The average Bonchev–Trinajstić information content (AvgIpc) is 3.25. The van der Waals surface area contributed by atoms with Crippen LogP contribution in [0.3, 0.4) is 0 Å². The molecule has 0 saturated carbocycles. The van der Waals surface area contributed by atoms with Crippen LogP contribution in [0.2, 0.25) is 0 Å². The van der Waals surface area contributed by atoms with Gasteiger partial charge in [-0.05, 0) is 87.8 Å². The lowest BCUT2D eigenvalue weighted by atomic mass is 9.97. The molecule has 4 N–H and O–H groups in total. The summed E-state index contributed by atoms with van der Waals surface area (Å²) in [6.07, 6.45) is 2.18. The normalized spacial score (nSPS) is 15.0. The number of hydrogen-bond acceptors (Lipinski definition) is 5. The lowest BCUT2D eigenvalue weighted by Gasteiger charge is -2.28. The molecule has 0 radical (unpaired) electrons. The fourth-order valence-electron chi connectivity index (χ4n) is 5.09. The minimum atomic E-state index is -1.03. The minimum absolute atomic E-state index is 0.0977. The molecule has 1 amide bonds. The fourth-order valence-corrected chi connectivity index (χ4v) is 5.09. The highest BCUT2D eigenvalue weighted by Gasteiger charge is 2.21.